The largest absolute Gasteiger partial charge is 0.493 e. The van der Waals surface area contributed by atoms with E-state index in [1.807, 2.05) is 36.4 Å². The lowest BCUT2D eigenvalue weighted by atomic mass is 10.1. The minimum absolute atomic E-state index is 0.242. The number of hydrogen-bond donors (Lipinski definition) is 1. The van der Waals surface area contributed by atoms with Crippen LogP contribution in [-0.2, 0) is 4.79 Å². The van der Waals surface area contributed by atoms with Gasteiger partial charge in [-0.15, -0.1) is 0 Å². The molecule has 128 valence electrons. The topological polar surface area (TPSA) is 86.5 Å². The Morgan fingerprint density at radius 3 is 2.44 bits per heavy atom. The number of amides is 1. The molecule has 25 heavy (non-hydrogen) atoms. The van der Waals surface area contributed by atoms with Crippen LogP contribution in [0.3, 0.4) is 0 Å². The van der Waals surface area contributed by atoms with Gasteiger partial charge >= 0.3 is 0 Å². The SMILES string of the molecule is COc1ccccc1OC(C)C(=O)Nc1nonc1-c1ccccc1. The highest BCUT2D eigenvalue weighted by molar-refractivity contribution is 5.96. The molecule has 0 fully saturated rings. The highest BCUT2D eigenvalue weighted by atomic mass is 16.6. The number of carbonyl (C=O) groups excluding carboxylic acids is 1. The van der Waals surface area contributed by atoms with Gasteiger partial charge in [0.2, 0.25) is 5.82 Å². The van der Waals surface area contributed by atoms with E-state index in [0.717, 1.165) is 5.56 Å². The standard InChI is InChI=1S/C18H17N3O4/c1-12(24-15-11-7-6-10-14(15)23-2)18(22)19-17-16(20-25-21-17)13-8-4-3-5-9-13/h3-12H,1-2H3,(H,19,21,22). The smallest absolute Gasteiger partial charge is 0.266 e. The Hall–Kier alpha value is -3.35. The van der Waals surface area contributed by atoms with Crippen molar-refractivity contribution >= 4 is 11.7 Å². The van der Waals surface area contributed by atoms with Gasteiger partial charge in [-0.1, -0.05) is 42.5 Å². The molecule has 0 aliphatic heterocycles. The number of nitrogens with one attached hydrogen (secondary N) is 1. The van der Waals surface area contributed by atoms with Gasteiger partial charge in [-0.2, -0.15) is 0 Å². The summed E-state index contributed by atoms with van der Waals surface area (Å²) in [6, 6.07) is 16.4. The van der Waals surface area contributed by atoms with Crippen molar-refractivity contribution in [3.63, 3.8) is 0 Å². The quantitative estimate of drug-likeness (QED) is 0.742. The van der Waals surface area contributed by atoms with Crippen molar-refractivity contribution in [1.29, 1.82) is 0 Å². The summed E-state index contributed by atoms with van der Waals surface area (Å²) in [6.45, 7) is 1.64. The maximum Gasteiger partial charge on any atom is 0.266 e. The first-order chi connectivity index (χ1) is 12.2. The molecule has 1 amide bonds. The van der Waals surface area contributed by atoms with Gasteiger partial charge in [0.15, 0.2) is 23.3 Å². The van der Waals surface area contributed by atoms with Crippen LogP contribution in [0.4, 0.5) is 5.82 Å². The molecule has 1 atom stereocenters. The third-order valence-corrected chi connectivity index (χ3v) is 3.52. The summed E-state index contributed by atoms with van der Waals surface area (Å²) in [5.74, 6) is 0.898. The molecule has 0 aliphatic carbocycles. The molecule has 0 saturated carbocycles. The van der Waals surface area contributed by atoms with Gasteiger partial charge in [0.1, 0.15) is 0 Å². The van der Waals surface area contributed by atoms with E-state index in [1.54, 1.807) is 32.2 Å². The third-order valence-electron chi connectivity index (χ3n) is 3.52. The molecule has 0 bridgehead atoms. The van der Waals surface area contributed by atoms with Gasteiger partial charge in [-0.3, -0.25) is 4.79 Å². The fourth-order valence-corrected chi connectivity index (χ4v) is 2.23. The Kier molecular flexibility index (Phi) is 4.94. The van der Waals surface area contributed by atoms with E-state index in [2.05, 4.69) is 15.6 Å². The molecule has 0 aliphatic rings. The lowest BCUT2D eigenvalue weighted by Gasteiger charge is -2.16. The first kappa shape index (κ1) is 16.5. The molecule has 0 saturated heterocycles. The van der Waals surface area contributed by atoms with Crippen LogP contribution in [-0.4, -0.2) is 29.4 Å². The molecule has 7 heteroatoms. The maximum absolute atomic E-state index is 12.4. The van der Waals surface area contributed by atoms with E-state index in [1.165, 1.54) is 0 Å². The second kappa shape index (κ2) is 7.48. The summed E-state index contributed by atoms with van der Waals surface area (Å²) >= 11 is 0. The summed E-state index contributed by atoms with van der Waals surface area (Å²) in [5, 5.41) is 10.3. The van der Waals surface area contributed by atoms with Crippen LogP contribution in [0.2, 0.25) is 0 Å². The van der Waals surface area contributed by atoms with Crippen molar-refractivity contribution in [2.24, 2.45) is 0 Å². The first-order valence-corrected chi connectivity index (χ1v) is 7.67. The van der Waals surface area contributed by atoms with Crippen LogP contribution >= 0.6 is 0 Å². The summed E-state index contributed by atoms with van der Waals surface area (Å²) in [5.41, 5.74) is 1.25. The van der Waals surface area contributed by atoms with Crippen LogP contribution in [0.15, 0.2) is 59.2 Å². The van der Waals surface area contributed by atoms with Crippen LogP contribution in [0.25, 0.3) is 11.3 Å². The Balaban J connectivity index is 1.72. The fraction of sp³-hybridized carbons (Fsp3) is 0.167. The van der Waals surface area contributed by atoms with Crippen LogP contribution < -0.4 is 14.8 Å². The molecule has 1 heterocycles. The van der Waals surface area contributed by atoms with Crippen molar-refractivity contribution in [3.8, 4) is 22.8 Å². The molecule has 7 nitrogen and oxygen atoms in total. The van der Waals surface area contributed by atoms with Gasteiger partial charge in [-0.25, -0.2) is 4.63 Å². The number of rotatable bonds is 6. The predicted octanol–water partition coefficient (Wildman–Crippen LogP) is 3.15. The van der Waals surface area contributed by atoms with E-state index in [0.29, 0.717) is 17.2 Å². The molecule has 3 aromatic rings. The zero-order chi connectivity index (χ0) is 17.6. The van der Waals surface area contributed by atoms with E-state index >= 15 is 0 Å². The zero-order valence-electron chi connectivity index (χ0n) is 13.8. The second-order valence-electron chi connectivity index (χ2n) is 5.23. The second-order valence-corrected chi connectivity index (χ2v) is 5.23. The molecule has 2 aromatic carbocycles. The number of ether oxygens (including phenoxy) is 2. The third kappa shape index (κ3) is 3.77. The number of hydrogen-bond acceptors (Lipinski definition) is 6. The Morgan fingerprint density at radius 1 is 1.04 bits per heavy atom. The number of methoxy groups -OCH3 is 1. The zero-order valence-corrected chi connectivity index (χ0v) is 13.8. The summed E-state index contributed by atoms with van der Waals surface area (Å²) < 4.78 is 15.7. The monoisotopic (exact) mass is 339 g/mol. The summed E-state index contributed by atoms with van der Waals surface area (Å²) in [6.07, 6.45) is -0.767. The van der Waals surface area contributed by atoms with Crippen molar-refractivity contribution in [3.05, 3.63) is 54.6 Å². The Morgan fingerprint density at radius 2 is 1.72 bits per heavy atom. The molecular formula is C18H17N3O4. The van der Waals surface area contributed by atoms with Gasteiger partial charge in [0.25, 0.3) is 5.91 Å². The van der Waals surface area contributed by atoms with Gasteiger partial charge in [0.05, 0.1) is 7.11 Å². The van der Waals surface area contributed by atoms with Crippen molar-refractivity contribution in [1.82, 2.24) is 10.3 Å². The highest BCUT2D eigenvalue weighted by Gasteiger charge is 2.21. The van der Waals surface area contributed by atoms with E-state index < -0.39 is 6.10 Å². The van der Waals surface area contributed by atoms with E-state index in [-0.39, 0.29) is 11.7 Å². The van der Waals surface area contributed by atoms with E-state index in [9.17, 15) is 4.79 Å². The average Bonchev–Trinajstić information content (AvgIpc) is 3.11. The Labute approximate surface area is 144 Å². The highest BCUT2D eigenvalue weighted by Crippen LogP contribution is 2.27. The molecule has 0 radical (unpaired) electrons. The fourth-order valence-electron chi connectivity index (χ4n) is 2.23. The summed E-state index contributed by atoms with van der Waals surface area (Å²) in [4.78, 5) is 12.4. The van der Waals surface area contributed by atoms with Crippen LogP contribution in [0.1, 0.15) is 6.92 Å². The first-order valence-electron chi connectivity index (χ1n) is 7.67. The van der Waals surface area contributed by atoms with Crippen molar-refractivity contribution in [2.75, 3.05) is 12.4 Å². The lowest BCUT2D eigenvalue weighted by molar-refractivity contribution is -0.122. The Bertz CT molecular complexity index is 848. The summed E-state index contributed by atoms with van der Waals surface area (Å²) in [7, 11) is 1.54. The van der Waals surface area contributed by atoms with Crippen LogP contribution in [0.5, 0.6) is 11.5 Å². The normalized spacial score (nSPS) is 11.6. The lowest BCUT2D eigenvalue weighted by Crippen LogP contribution is -2.30. The average molecular weight is 339 g/mol. The number of benzene rings is 2. The van der Waals surface area contributed by atoms with Crippen molar-refractivity contribution < 1.29 is 18.9 Å². The number of carbonyl (C=O) groups is 1. The van der Waals surface area contributed by atoms with Crippen LogP contribution in [0, 0.1) is 0 Å². The van der Waals surface area contributed by atoms with Crippen molar-refractivity contribution in [2.45, 2.75) is 13.0 Å². The number of nitrogens with zero attached hydrogens (tertiary/aromatic N) is 2. The molecular weight excluding hydrogens is 322 g/mol. The molecule has 0 spiro atoms. The minimum Gasteiger partial charge on any atom is -0.493 e. The van der Waals surface area contributed by atoms with Gasteiger partial charge in [-0.05, 0) is 29.4 Å². The number of para-hydroxylation sites is 2. The van der Waals surface area contributed by atoms with E-state index in [4.69, 9.17) is 14.1 Å². The number of anilines is 1. The van der Waals surface area contributed by atoms with Gasteiger partial charge < -0.3 is 14.8 Å². The molecule has 1 N–H and O–H groups in total. The minimum atomic E-state index is -0.767. The molecule has 1 unspecified atom stereocenters. The maximum atomic E-state index is 12.4. The number of aromatic nitrogens is 2. The van der Waals surface area contributed by atoms with Gasteiger partial charge in [0, 0.05) is 5.56 Å². The molecule has 3 rings (SSSR count). The molecule has 1 aromatic heterocycles. The predicted molar refractivity (Wildman–Crippen MR) is 91.4 cm³/mol.